The number of aromatic nitrogens is 4. The summed E-state index contributed by atoms with van der Waals surface area (Å²) in [5, 5.41) is 6.84. The molecular formula is C24H25N5O. The molecule has 1 saturated heterocycles. The molecule has 0 saturated carbocycles. The van der Waals surface area contributed by atoms with Crippen molar-refractivity contribution < 1.29 is 4.79 Å². The molecule has 5 rings (SSSR count). The molecule has 1 aromatic carbocycles. The number of carbonyl (C=O) groups is 1. The summed E-state index contributed by atoms with van der Waals surface area (Å²) in [7, 11) is 0. The second kappa shape index (κ2) is 7.78. The number of nitrogens with one attached hydrogen (secondary N) is 1. The number of amides is 1. The molecule has 1 aliphatic rings. The van der Waals surface area contributed by atoms with Gasteiger partial charge in [0, 0.05) is 37.1 Å². The summed E-state index contributed by atoms with van der Waals surface area (Å²) in [4.78, 5) is 19.7. The van der Waals surface area contributed by atoms with Crippen molar-refractivity contribution in [1.82, 2.24) is 24.6 Å². The number of carbonyl (C=O) groups excluding carboxylic acids is 1. The van der Waals surface area contributed by atoms with E-state index >= 15 is 0 Å². The average Bonchev–Trinajstić information content (AvgIpc) is 3.49. The molecule has 0 radical (unpaired) electrons. The Kier molecular flexibility index (Phi) is 4.83. The Labute approximate surface area is 175 Å². The highest BCUT2D eigenvalue weighted by Crippen LogP contribution is 2.27. The SMILES string of the molecule is C[C@H]1C[C@H](Cn2ccc3nc(-c4cn[nH]c4)ccc32)CN1C(=O)Cc1ccccc1. The number of aromatic amines is 1. The van der Waals surface area contributed by atoms with Gasteiger partial charge in [-0.05, 0) is 43.0 Å². The van der Waals surface area contributed by atoms with Gasteiger partial charge >= 0.3 is 0 Å². The summed E-state index contributed by atoms with van der Waals surface area (Å²) in [6.45, 7) is 3.87. The zero-order valence-corrected chi connectivity index (χ0v) is 17.0. The molecule has 1 aliphatic heterocycles. The van der Waals surface area contributed by atoms with E-state index < -0.39 is 0 Å². The number of hydrogen-bond donors (Lipinski definition) is 1. The van der Waals surface area contributed by atoms with Gasteiger partial charge < -0.3 is 9.47 Å². The molecule has 6 heteroatoms. The van der Waals surface area contributed by atoms with Crippen molar-refractivity contribution in [2.24, 2.45) is 5.92 Å². The quantitative estimate of drug-likeness (QED) is 0.553. The first-order chi connectivity index (χ1) is 14.7. The third kappa shape index (κ3) is 3.61. The zero-order chi connectivity index (χ0) is 20.5. The normalized spacial score (nSPS) is 18.9. The van der Waals surface area contributed by atoms with Crippen molar-refractivity contribution in [3.8, 4) is 11.3 Å². The van der Waals surface area contributed by atoms with E-state index in [9.17, 15) is 4.79 Å². The van der Waals surface area contributed by atoms with E-state index in [2.05, 4.69) is 44.9 Å². The van der Waals surface area contributed by atoms with Gasteiger partial charge in [-0.25, -0.2) is 4.98 Å². The third-order valence-electron chi connectivity index (χ3n) is 6.05. The maximum absolute atomic E-state index is 12.8. The predicted molar refractivity (Wildman–Crippen MR) is 117 cm³/mol. The highest BCUT2D eigenvalue weighted by atomic mass is 16.2. The minimum Gasteiger partial charge on any atom is -0.346 e. The van der Waals surface area contributed by atoms with Gasteiger partial charge in [-0.15, -0.1) is 0 Å². The first-order valence-electron chi connectivity index (χ1n) is 10.5. The molecule has 3 aromatic heterocycles. The van der Waals surface area contributed by atoms with Crippen molar-refractivity contribution in [3.05, 3.63) is 72.7 Å². The molecule has 152 valence electrons. The lowest BCUT2D eigenvalue weighted by molar-refractivity contribution is -0.131. The van der Waals surface area contributed by atoms with Crippen molar-refractivity contribution in [3.63, 3.8) is 0 Å². The largest absolute Gasteiger partial charge is 0.346 e. The van der Waals surface area contributed by atoms with Crippen LogP contribution in [0.5, 0.6) is 0 Å². The number of benzene rings is 1. The maximum atomic E-state index is 12.8. The maximum Gasteiger partial charge on any atom is 0.227 e. The molecule has 0 bridgehead atoms. The van der Waals surface area contributed by atoms with Gasteiger partial charge in [0.2, 0.25) is 5.91 Å². The molecule has 0 spiro atoms. The van der Waals surface area contributed by atoms with Crippen LogP contribution in [0.4, 0.5) is 0 Å². The second-order valence-electron chi connectivity index (χ2n) is 8.22. The van der Waals surface area contributed by atoms with Crippen LogP contribution in [-0.2, 0) is 17.8 Å². The second-order valence-corrected chi connectivity index (χ2v) is 8.22. The number of rotatable bonds is 5. The fourth-order valence-corrected chi connectivity index (χ4v) is 4.56. The molecule has 6 nitrogen and oxygen atoms in total. The highest BCUT2D eigenvalue weighted by Gasteiger charge is 2.32. The minimum absolute atomic E-state index is 0.222. The Hall–Kier alpha value is -3.41. The third-order valence-corrected chi connectivity index (χ3v) is 6.05. The summed E-state index contributed by atoms with van der Waals surface area (Å²) in [6.07, 6.45) is 7.25. The number of likely N-dealkylation sites (tertiary alicyclic amines) is 1. The van der Waals surface area contributed by atoms with Crippen molar-refractivity contribution in [1.29, 1.82) is 0 Å². The Bertz CT molecular complexity index is 1150. The molecule has 2 atom stereocenters. The Morgan fingerprint density at radius 1 is 1.17 bits per heavy atom. The topological polar surface area (TPSA) is 66.8 Å². The van der Waals surface area contributed by atoms with Crippen molar-refractivity contribution in [2.45, 2.75) is 32.4 Å². The fourth-order valence-electron chi connectivity index (χ4n) is 4.56. The lowest BCUT2D eigenvalue weighted by Gasteiger charge is -2.21. The van der Waals surface area contributed by atoms with E-state index in [-0.39, 0.29) is 11.9 Å². The standard InChI is InChI=1S/C24H25N5O/c1-17-11-19(16-29(17)24(30)12-18-5-3-2-4-6-18)15-28-10-9-22-23(28)8-7-21(27-22)20-13-25-26-14-20/h2-10,13-14,17,19H,11-12,15-16H2,1H3,(H,25,26)/t17-,19+/m0/s1. The first kappa shape index (κ1) is 18.6. The lowest BCUT2D eigenvalue weighted by atomic mass is 10.1. The summed E-state index contributed by atoms with van der Waals surface area (Å²) in [5.74, 6) is 0.670. The van der Waals surface area contributed by atoms with Crippen molar-refractivity contribution >= 4 is 16.9 Å². The van der Waals surface area contributed by atoms with Crippen LogP contribution in [0.3, 0.4) is 0 Å². The van der Waals surface area contributed by atoms with Gasteiger partial charge in [0.15, 0.2) is 0 Å². The van der Waals surface area contributed by atoms with E-state index in [0.717, 1.165) is 47.4 Å². The smallest absolute Gasteiger partial charge is 0.227 e. The van der Waals surface area contributed by atoms with Gasteiger partial charge in [0.1, 0.15) is 0 Å². The van der Waals surface area contributed by atoms with Crippen LogP contribution in [0, 0.1) is 5.92 Å². The highest BCUT2D eigenvalue weighted by molar-refractivity contribution is 5.80. The molecule has 1 N–H and O–H groups in total. The molecule has 1 amide bonds. The van der Waals surface area contributed by atoms with E-state index in [1.165, 1.54) is 0 Å². The Balaban J connectivity index is 1.28. The number of pyridine rings is 1. The van der Waals surface area contributed by atoms with E-state index in [4.69, 9.17) is 4.98 Å². The van der Waals surface area contributed by atoms with E-state index in [1.807, 2.05) is 42.6 Å². The Morgan fingerprint density at radius 2 is 2.03 bits per heavy atom. The van der Waals surface area contributed by atoms with E-state index in [1.54, 1.807) is 6.20 Å². The molecule has 4 heterocycles. The molecule has 0 unspecified atom stereocenters. The number of H-pyrrole nitrogens is 1. The molecule has 0 aliphatic carbocycles. The van der Waals surface area contributed by atoms with Crippen LogP contribution in [0.25, 0.3) is 22.3 Å². The van der Waals surface area contributed by atoms with Crippen LogP contribution in [-0.4, -0.2) is 43.1 Å². The average molecular weight is 399 g/mol. The molecular weight excluding hydrogens is 374 g/mol. The van der Waals surface area contributed by atoms with Crippen molar-refractivity contribution in [2.75, 3.05) is 6.54 Å². The van der Waals surface area contributed by atoms with Crippen LogP contribution in [0.1, 0.15) is 18.9 Å². The van der Waals surface area contributed by atoms with Gasteiger partial charge in [-0.1, -0.05) is 30.3 Å². The summed E-state index contributed by atoms with van der Waals surface area (Å²) < 4.78 is 2.27. The lowest BCUT2D eigenvalue weighted by Crippen LogP contribution is -2.35. The summed E-state index contributed by atoms with van der Waals surface area (Å²) in [5.41, 5.74) is 5.10. The Morgan fingerprint density at radius 3 is 2.83 bits per heavy atom. The van der Waals surface area contributed by atoms with Gasteiger partial charge in [0.05, 0.1) is 29.3 Å². The monoisotopic (exact) mass is 399 g/mol. The molecule has 30 heavy (non-hydrogen) atoms. The first-order valence-corrected chi connectivity index (χ1v) is 10.5. The number of nitrogens with zero attached hydrogens (tertiary/aromatic N) is 4. The molecule has 1 fully saturated rings. The minimum atomic E-state index is 0.222. The molecule has 4 aromatic rings. The van der Waals surface area contributed by atoms with E-state index in [0.29, 0.717) is 12.3 Å². The summed E-state index contributed by atoms with van der Waals surface area (Å²) in [6, 6.07) is 16.5. The fraction of sp³-hybridized carbons (Fsp3) is 0.292. The van der Waals surface area contributed by atoms with Crippen LogP contribution < -0.4 is 0 Å². The van der Waals surface area contributed by atoms with Gasteiger partial charge in [-0.2, -0.15) is 5.10 Å². The predicted octanol–water partition coefficient (Wildman–Crippen LogP) is 3.91. The van der Waals surface area contributed by atoms with Crippen LogP contribution in [0.15, 0.2) is 67.1 Å². The summed E-state index contributed by atoms with van der Waals surface area (Å²) >= 11 is 0. The van der Waals surface area contributed by atoms with Crippen LogP contribution in [0.2, 0.25) is 0 Å². The van der Waals surface area contributed by atoms with Gasteiger partial charge in [-0.3, -0.25) is 9.89 Å². The zero-order valence-electron chi connectivity index (χ0n) is 17.0. The number of hydrogen-bond acceptors (Lipinski definition) is 3. The van der Waals surface area contributed by atoms with Crippen LogP contribution >= 0.6 is 0 Å². The van der Waals surface area contributed by atoms with Gasteiger partial charge in [0.25, 0.3) is 0 Å². The number of fused-ring (bicyclic) bond motifs is 1.